The third-order valence-electron chi connectivity index (χ3n) is 0.365. The standard InChI is InChI=1S/2C3H4N2.Cu/c2*4-2-1-3-5;/h2*1-4H;/q2*-2;/b2*2-1-;. The maximum atomic E-state index is 7.73. The number of allylic oxidation sites excluding steroid dienone is 2. The van der Waals surface area contributed by atoms with E-state index in [2.05, 4.69) is 0 Å². The largest absolute Gasteiger partial charge is 0.811 e. The van der Waals surface area contributed by atoms with Gasteiger partial charge < -0.3 is 22.3 Å². The minimum atomic E-state index is 0. The summed E-state index contributed by atoms with van der Waals surface area (Å²) in [4.78, 5) is 0. The summed E-state index contributed by atoms with van der Waals surface area (Å²) in [5, 5.41) is 15.5. The van der Waals surface area contributed by atoms with Crippen LogP contribution >= 0.6 is 0 Å². The molecule has 5 heteroatoms. The first-order chi connectivity index (χ1) is 4.83. The monoisotopic (exact) mass is 199 g/mol. The molecule has 0 aliphatic rings. The van der Waals surface area contributed by atoms with E-state index in [0.29, 0.717) is 0 Å². The van der Waals surface area contributed by atoms with Gasteiger partial charge in [-0.05, 0) is 0 Å². The maximum Gasteiger partial charge on any atom is 0 e. The molecule has 4 nitrogen and oxygen atoms in total. The third-order valence-corrected chi connectivity index (χ3v) is 0.365. The first kappa shape index (κ1) is 16.5. The summed E-state index contributed by atoms with van der Waals surface area (Å²) in [7, 11) is 0. The van der Waals surface area contributed by atoms with Crippen molar-refractivity contribution < 1.29 is 17.1 Å². The average molecular weight is 200 g/mol. The molecule has 1 radical (unpaired) electrons. The molecule has 0 rings (SSSR count). The van der Waals surface area contributed by atoms with Gasteiger partial charge in [-0.2, -0.15) is 24.8 Å². The SMILES string of the molecule is [Cu].[N-]=C/C=C\[NH-].[N-]=C/C=C\[NH-]. The van der Waals surface area contributed by atoms with Gasteiger partial charge >= 0.3 is 0 Å². The molecular weight excluding hydrogens is 192 g/mol. The van der Waals surface area contributed by atoms with Crippen LogP contribution in [0.2, 0.25) is 0 Å². The molecule has 11 heavy (non-hydrogen) atoms. The second-order valence-electron chi connectivity index (χ2n) is 1.02. The molecule has 0 atom stereocenters. The van der Waals surface area contributed by atoms with E-state index in [1.807, 2.05) is 0 Å². The average Bonchev–Trinajstić information content (AvgIpc) is 1.93. The molecule has 0 saturated heterocycles. The second-order valence-corrected chi connectivity index (χ2v) is 1.02. The van der Waals surface area contributed by atoms with E-state index in [4.69, 9.17) is 22.3 Å². The molecule has 0 unspecified atom stereocenters. The van der Waals surface area contributed by atoms with Crippen LogP contribution in [0.15, 0.2) is 24.6 Å². The van der Waals surface area contributed by atoms with Crippen molar-refractivity contribution in [2.45, 2.75) is 0 Å². The summed E-state index contributed by atoms with van der Waals surface area (Å²) < 4.78 is 0. The van der Waals surface area contributed by atoms with Gasteiger partial charge in [0, 0.05) is 17.1 Å². The molecule has 67 valence electrons. The minimum Gasteiger partial charge on any atom is -0.811 e. The molecule has 0 aromatic heterocycles. The Bertz CT molecular complexity index is 115. The van der Waals surface area contributed by atoms with Crippen molar-refractivity contribution >= 4 is 12.4 Å². The fourth-order valence-electron chi connectivity index (χ4n) is 0.0861. The van der Waals surface area contributed by atoms with E-state index < -0.39 is 0 Å². The van der Waals surface area contributed by atoms with Crippen molar-refractivity contribution in [2.24, 2.45) is 0 Å². The van der Waals surface area contributed by atoms with Crippen LogP contribution in [0.25, 0.3) is 22.3 Å². The van der Waals surface area contributed by atoms with Crippen LogP contribution in [0, 0.1) is 0 Å². The van der Waals surface area contributed by atoms with E-state index >= 15 is 0 Å². The molecule has 0 aliphatic heterocycles. The Morgan fingerprint density at radius 1 is 0.818 bits per heavy atom. The van der Waals surface area contributed by atoms with E-state index in [9.17, 15) is 0 Å². The molecule has 0 saturated carbocycles. The van der Waals surface area contributed by atoms with Gasteiger partial charge in [-0.1, -0.05) is 0 Å². The van der Waals surface area contributed by atoms with Gasteiger partial charge in [0.25, 0.3) is 0 Å². The summed E-state index contributed by atoms with van der Waals surface area (Å²) in [6.45, 7) is 0. The Hall–Kier alpha value is -1.06. The van der Waals surface area contributed by atoms with Gasteiger partial charge in [0.15, 0.2) is 0 Å². The van der Waals surface area contributed by atoms with Gasteiger partial charge in [0.1, 0.15) is 0 Å². The topological polar surface area (TPSA) is 92.2 Å². The molecular formula is C6H8CuN4-4. The molecule has 0 fully saturated rings. The van der Waals surface area contributed by atoms with Gasteiger partial charge in [-0.15, -0.1) is 12.2 Å². The molecule has 0 aromatic rings. The molecule has 0 heterocycles. The quantitative estimate of drug-likeness (QED) is 0.483. The fourth-order valence-corrected chi connectivity index (χ4v) is 0.0861. The molecule has 0 bridgehead atoms. The molecule has 2 N–H and O–H groups in total. The number of nitrogens with one attached hydrogen (secondary N) is 2. The number of rotatable bonds is 2. The van der Waals surface area contributed by atoms with E-state index in [1.165, 1.54) is 12.2 Å². The van der Waals surface area contributed by atoms with Crippen molar-refractivity contribution in [1.82, 2.24) is 0 Å². The number of hydrogen-bond acceptors (Lipinski definition) is 0. The van der Waals surface area contributed by atoms with Crippen molar-refractivity contribution in [3.63, 3.8) is 0 Å². The third kappa shape index (κ3) is 49.8. The van der Waals surface area contributed by atoms with Gasteiger partial charge in [-0.3, -0.25) is 0 Å². The Morgan fingerprint density at radius 3 is 1.09 bits per heavy atom. The van der Waals surface area contributed by atoms with Crippen molar-refractivity contribution in [2.75, 3.05) is 0 Å². The summed E-state index contributed by atoms with van der Waals surface area (Å²) in [5.41, 5.74) is 12.5. The first-order valence-electron chi connectivity index (χ1n) is 2.43. The summed E-state index contributed by atoms with van der Waals surface area (Å²) in [6, 6.07) is 0. The van der Waals surface area contributed by atoms with E-state index in [1.54, 1.807) is 0 Å². The van der Waals surface area contributed by atoms with Crippen molar-refractivity contribution in [3.8, 4) is 0 Å². The maximum absolute atomic E-state index is 7.73. The van der Waals surface area contributed by atoms with Gasteiger partial charge in [0.05, 0.1) is 0 Å². The Labute approximate surface area is 76.8 Å². The van der Waals surface area contributed by atoms with Crippen molar-refractivity contribution in [1.29, 1.82) is 0 Å². The van der Waals surface area contributed by atoms with Crippen LogP contribution in [0.5, 0.6) is 0 Å². The summed E-state index contributed by atoms with van der Waals surface area (Å²) in [5.74, 6) is 0. The molecule has 0 aliphatic carbocycles. The minimum absolute atomic E-state index is 0. The summed E-state index contributed by atoms with van der Waals surface area (Å²) >= 11 is 0. The van der Waals surface area contributed by atoms with Crippen LogP contribution in [0.4, 0.5) is 0 Å². The predicted molar refractivity (Wildman–Crippen MR) is 45.8 cm³/mol. The van der Waals surface area contributed by atoms with E-state index in [0.717, 1.165) is 24.8 Å². The normalized spacial score (nSPS) is 8.00. The zero-order chi connectivity index (χ0) is 8.24. The zero-order valence-electron chi connectivity index (χ0n) is 5.66. The van der Waals surface area contributed by atoms with Crippen LogP contribution in [0.3, 0.4) is 0 Å². The van der Waals surface area contributed by atoms with Gasteiger partial charge in [0.2, 0.25) is 0 Å². The molecule has 0 amide bonds. The Balaban J connectivity index is -0.000000107. The van der Waals surface area contributed by atoms with Gasteiger partial charge in [-0.25, -0.2) is 0 Å². The Kier molecular flexibility index (Phi) is 34.6. The molecule has 0 aromatic carbocycles. The first-order valence-corrected chi connectivity index (χ1v) is 2.43. The number of hydrogen-bond donors (Lipinski definition) is 0. The number of nitrogens with zero attached hydrogens (tertiary/aromatic N) is 2. The smallest absolute Gasteiger partial charge is 0 e. The Morgan fingerprint density at radius 2 is 1.09 bits per heavy atom. The zero-order valence-corrected chi connectivity index (χ0v) is 6.60. The predicted octanol–water partition coefficient (Wildman–Crippen LogP) is 2.38. The fraction of sp³-hybridized carbons (Fsp3) is 0. The second kappa shape index (κ2) is 23.1. The van der Waals surface area contributed by atoms with E-state index in [-0.39, 0.29) is 17.1 Å². The van der Waals surface area contributed by atoms with Crippen LogP contribution < -0.4 is 0 Å². The van der Waals surface area contributed by atoms with Crippen LogP contribution in [-0.2, 0) is 17.1 Å². The molecule has 0 spiro atoms. The van der Waals surface area contributed by atoms with Crippen LogP contribution in [-0.4, -0.2) is 12.4 Å². The summed E-state index contributed by atoms with van der Waals surface area (Å²) in [6.07, 6.45) is 6.07. The van der Waals surface area contributed by atoms with Crippen LogP contribution in [0.1, 0.15) is 0 Å². The van der Waals surface area contributed by atoms with Crippen molar-refractivity contribution in [3.05, 3.63) is 46.8 Å².